The SMILES string of the molecule is Cc1cc(OC(C)C(=O)N2CCC(c3nc4ccccc4[nH]3)CC2)ccc1C(C)C. The first-order chi connectivity index (χ1) is 14.4. The second-order valence-electron chi connectivity index (χ2n) is 8.67. The minimum Gasteiger partial charge on any atom is -0.481 e. The zero-order chi connectivity index (χ0) is 21.3. The summed E-state index contributed by atoms with van der Waals surface area (Å²) in [5.74, 6) is 2.70. The molecule has 1 amide bonds. The molecule has 0 spiro atoms. The lowest BCUT2D eigenvalue weighted by Crippen LogP contribution is -2.44. The van der Waals surface area contributed by atoms with Crippen molar-refractivity contribution in [2.45, 2.75) is 58.5 Å². The molecule has 5 heteroatoms. The average Bonchev–Trinajstić information content (AvgIpc) is 3.17. The molecule has 1 atom stereocenters. The summed E-state index contributed by atoms with van der Waals surface area (Å²) in [4.78, 5) is 23.0. The molecule has 5 nitrogen and oxygen atoms in total. The van der Waals surface area contributed by atoms with Crippen LogP contribution in [-0.4, -0.2) is 40.0 Å². The van der Waals surface area contributed by atoms with Crippen LogP contribution >= 0.6 is 0 Å². The standard InChI is InChI=1S/C25H31N3O2/c1-16(2)21-10-9-20(15-17(21)3)30-18(4)25(29)28-13-11-19(12-14-28)24-26-22-7-5-6-8-23(22)27-24/h5-10,15-16,18-19H,11-14H2,1-4H3,(H,26,27). The van der Waals surface area contributed by atoms with E-state index >= 15 is 0 Å². The third-order valence-electron chi connectivity index (χ3n) is 6.12. The molecule has 1 fully saturated rings. The molecular formula is C25H31N3O2. The lowest BCUT2D eigenvalue weighted by atomic mass is 9.96. The van der Waals surface area contributed by atoms with Crippen molar-refractivity contribution in [2.75, 3.05) is 13.1 Å². The number of benzene rings is 2. The Balaban J connectivity index is 1.35. The van der Waals surface area contributed by atoms with Gasteiger partial charge in [0.15, 0.2) is 6.10 Å². The number of H-pyrrole nitrogens is 1. The van der Waals surface area contributed by atoms with Crippen LogP contribution in [0.25, 0.3) is 11.0 Å². The number of para-hydroxylation sites is 2. The molecule has 1 unspecified atom stereocenters. The van der Waals surface area contributed by atoms with Gasteiger partial charge >= 0.3 is 0 Å². The highest BCUT2D eigenvalue weighted by Crippen LogP contribution is 2.29. The molecule has 4 rings (SSSR count). The van der Waals surface area contributed by atoms with Crippen LogP contribution in [0.5, 0.6) is 5.75 Å². The number of likely N-dealkylation sites (tertiary alicyclic amines) is 1. The Morgan fingerprint density at radius 3 is 2.53 bits per heavy atom. The van der Waals surface area contributed by atoms with Gasteiger partial charge in [0, 0.05) is 19.0 Å². The minimum absolute atomic E-state index is 0.0589. The number of rotatable bonds is 5. The number of carbonyl (C=O) groups excluding carboxylic acids is 1. The normalized spacial score (nSPS) is 16.2. The van der Waals surface area contributed by atoms with Crippen molar-refractivity contribution in [3.8, 4) is 5.75 Å². The van der Waals surface area contributed by atoms with Gasteiger partial charge in [0.25, 0.3) is 5.91 Å². The van der Waals surface area contributed by atoms with Crippen LogP contribution in [0.15, 0.2) is 42.5 Å². The van der Waals surface area contributed by atoms with Crippen molar-refractivity contribution >= 4 is 16.9 Å². The molecule has 1 aliphatic heterocycles. The number of amides is 1. The molecule has 1 N–H and O–H groups in total. The van der Waals surface area contributed by atoms with Crippen molar-refractivity contribution in [1.82, 2.24) is 14.9 Å². The largest absolute Gasteiger partial charge is 0.481 e. The lowest BCUT2D eigenvalue weighted by Gasteiger charge is -2.32. The second-order valence-corrected chi connectivity index (χ2v) is 8.67. The fourth-order valence-corrected chi connectivity index (χ4v) is 4.42. The summed E-state index contributed by atoms with van der Waals surface area (Å²) in [7, 11) is 0. The fourth-order valence-electron chi connectivity index (χ4n) is 4.42. The van der Waals surface area contributed by atoms with Gasteiger partial charge < -0.3 is 14.6 Å². The number of ether oxygens (including phenoxy) is 1. The van der Waals surface area contributed by atoms with Gasteiger partial charge in [-0.2, -0.15) is 0 Å². The molecule has 158 valence electrons. The molecule has 3 aromatic rings. The van der Waals surface area contributed by atoms with Gasteiger partial charge in [-0.15, -0.1) is 0 Å². The Kier molecular flexibility index (Phi) is 5.80. The number of aromatic nitrogens is 2. The van der Waals surface area contributed by atoms with E-state index in [0.29, 0.717) is 11.8 Å². The van der Waals surface area contributed by atoms with E-state index in [4.69, 9.17) is 9.72 Å². The third kappa shape index (κ3) is 4.20. The van der Waals surface area contributed by atoms with Crippen LogP contribution in [0.4, 0.5) is 0 Å². The Bertz CT molecular complexity index is 999. The monoisotopic (exact) mass is 405 g/mol. The van der Waals surface area contributed by atoms with Gasteiger partial charge in [0.2, 0.25) is 0 Å². The van der Waals surface area contributed by atoms with E-state index in [1.165, 1.54) is 11.1 Å². The van der Waals surface area contributed by atoms with E-state index in [-0.39, 0.29) is 5.91 Å². The number of hydrogen-bond acceptors (Lipinski definition) is 3. The molecule has 0 bridgehead atoms. The summed E-state index contributed by atoms with van der Waals surface area (Å²) >= 11 is 0. The molecule has 0 saturated carbocycles. The number of aryl methyl sites for hydroxylation is 1. The summed E-state index contributed by atoms with van der Waals surface area (Å²) in [5.41, 5.74) is 4.60. The van der Waals surface area contributed by atoms with Crippen LogP contribution in [0.3, 0.4) is 0 Å². The van der Waals surface area contributed by atoms with Gasteiger partial charge in [-0.25, -0.2) is 4.98 Å². The number of piperidine rings is 1. The number of imidazole rings is 1. The molecule has 30 heavy (non-hydrogen) atoms. The smallest absolute Gasteiger partial charge is 0.263 e. The predicted octanol–water partition coefficient (Wildman–Crippen LogP) is 5.17. The maximum absolute atomic E-state index is 12.9. The maximum Gasteiger partial charge on any atom is 0.263 e. The third-order valence-corrected chi connectivity index (χ3v) is 6.12. The number of aromatic amines is 1. The number of fused-ring (bicyclic) bond motifs is 1. The molecule has 2 heterocycles. The summed E-state index contributed by atoms with van der Waals surface area (Å²) in [6, 6.07) is 14.2. The summed E-state index contributed by atoms with van der Waals surface area (Å²) < 4.78 is 5.99. The van der Waals surface area contributed by atoms with Crippen LogP contribution in [0.1, 0.15) is 62.4 Å². The molecule has 0 radical (unpaired) electrons. The van der Waals surface area contributed by atoms with Crippen molar-refractivity contribution in [1.29, 1.82) is 0 Å². The minimum atomic E-state index is -0.489. The van der Waals surface area contributed by atoms with E-state index in [1.54, 1.807) is 0 Å². The zero-order valence-corrected chi connectivity index (χ0v) is 18.3. The molecule has 1 aliphatic rings. The van der Waals surface area contributed by atoms with E-state index in [1.807, 2.05) is 42.2 Å². The lowest BCUT2D eigenvalue weighted by molar-refractivity contribution is -0.139. The second kappa shape index (κ2) is 8.50. The Labute approximate surface area is 178 Å². The summed E-state index contributed by atoms with van der Waals surface area (Å²) in [6.07, 6.45) is 1.35. The highest BCUT2D eigenvalue weighted by atomic mass is 16.5. The molecule has 1 aromatic heterocycles. The Morgan fingerprint density at radius 1 is 1.13 bits per heavy atom. The Hall–Kier alpha value is -2.82. The average molecular weight is 406 g/mol. The number of hydrogen-bond donors (Lipinski definition) is 1. The van der Waals surface area contributed by atoms with Crippen LogP contribution in [-0.2, 0) is 4.79 Å². The van der Waals surface area contributed by atoms with E-state index in [2.05, 4.69) is 37.9 Å². The molecular weight excluding hydrogens is 374 g/mol. The first kappa shape index (κ1) is 20.5. The number of nitrogens with zero attached hydrogens (tertiary/aromatic N) is 2. The summed E-state index contributed by atoms with van der Waals surface area (Å²) in [5, 5.41) is 0. The van der Waals surface area contributed by atoms with Crippen molar-refractivity contribution in [3.63, 3.8) is 0 Å². The fraction of sp³-hybridized carbons (Fsp3) is 0.440. The molecule has 0 aliphatic carbocycles. The quantitative estimate of drug-likeness (QED) is 0.637. The van der Waals surface area contributed by atoms with Gasteiger partial charge in [-0.3, -0.25) is 4.79 Å². The maximum atomic E-state index is 12.9. The first-order valence-electron chi connectivity index (χ1n) is 10.9. The van der Waals surface area contributed by atoms with Crippen LogP contribution < -0.4 is 4.74 Å². The predicted molar refractivity (Wildman–Crippen MR) is 120 cm³/mol. The highest BCUT2D eigenvalue weighted by molar-refractivity contribution is 5.81. The van der Waals surface area contributed by atoms with E-state index in [9.17, 15) is 4.79 Å². The van der Waals surface area contributed by atoms with Crippen LogP contribution in [0, 0.1) is 6.92 Å². The molecule has 2 aromatic carbocycles. The zero-order valence-electron chi connectivity index (χ0n) is 18.3. The number of nitrogens with one attached hydrogen (secondary N) is 1. The van der Waals surface area contributed by atoms with Crippen molar-refractivity contribution in [3.05, 3.63) is 59.4 Å². The van der Waals surface area contributed by atoms with Gasteiger partial charge in [0.05, 0.1) is 11.0 Å². The topological polar surface area (TPSA) is 58.2 Å². The first-order valence-corrected chi connectivity index (χ1v) is 10.9. The van der Waals surface area contributed by atoms with E-state index in [0.717, 1.165) is 48.5 Å². The molecule has 1 saturated heterocycles. The van der Waals surface area contributed by atoms with Crippen molar-refractivity contribution in [2.24, 2.45) is 0 Å². The van der Waals surface area contributed by atoms with Crippen LogP contribution in [0.2, 0.25) is 0 Å². The van der Waals surface area contributed by atoms with Gasteiger partial charge in [-0.1, -0.05) is 32.0 Å². The van der Waals surface area contributed by atoms with Crippen molar-refractivity contribution < 1.29 is 9.53 Å². The number of carbonyl (C=O) groups is 1. The summed E-state index contributed by atoms with van der Waals surface area (Å²) in [6.45, 7) is 9.78. The van der Waals surface area contributed by atoms with E-state index < -0.39 is 6.10 Å². The van der Waals surface area contributed by atoms with Gasteiger partial charge in [0.1, 0.15) is 11.6 Å². The van der Waals surface area contributed by atoms with Gasteiger partial charge in [-0.05, 0) is 68.0 Å². The Morgan fingerprint density at radius 2 is 1.87 bits per heavy atom. The highest BCUT2D eigenvalue weighted by Gasteiger charge is 2.29.